The maximum absolute atomic E-state index is 12.3. The Morgan fingerprint density at radius 2 is 1.83 bits per heavy atom. The number of rotatable bonds is 11. The number of amides is 1. The van der Waals surface area contributed by atoms with Gasteiger partial charge in [-0.1, -0.05) is 36.4 Å². The van der Waals surface area contributed by atoms with Gasteiger partial charge in [0.05, 0.1) is 18.4 Å². The molecular weight excluding hydrogens is 464 g/mol. The van der Waals surface area contributed by atoms with Crippen LogP contribution in [0.2, 0.25) is 0 Å². The van der Waals surface area contributed by atoms with Crippen LogP contribution in [-0.2, 0) is 28.9 Å². The molecule has 2 aromatic carbocycles. The second-order valence-electron chi connectivity index (χ2n) is 8.60. The van der Waals surface area contributed by atoms with Crippen molar-refractivity contribution in [3.63, 3.8) is 0 Å². The van der Waals surface area contributed by atoms with Crippen molar-refractivity contribution >= 4 is 23.4 Å². The van der Waals surface area contributed by atoms with Crippen LogP contribution in [0.3, 0.4) is 0 Å². The average molecular weight is 497 g/mol. The lowest BCUT2D eigenvalue weighted by Gasteiger charge is -2.21. The van der Waals surface area contributed by atoms with Crippen LogP contribution >= 0.6 is 11.3 Å². The zero-order valence-corrected chi connectivity index (χ0v) is 21.4. The first-order valence-electron chi connectivity index (χ1n) is 11.6. The van der Waals surface area contributed by atoms with E-state index in [1.807, 2.05) is 36.4 Å². The number of hydrogen-bond acceptors (Lipinski definition) is 6. The Balaban J connectivity index is 1.68. The van der Waals surface area contributed by atoms with E-state index in [2.05, 4.69) is 19.1 Å². The van der Waals surface area contributed by atoms with E-state index >= 15 is 0 Å². The molecule has 0 saturated heterocycles. The summed E-state index contributed by atoms with van der Waals surface area (Å²) in [7, 11) is 1.66. The second kappa shape index (κ2) is 12.4. The van der Waals surface area contributed by atoms with Gasteiger partial charge in [-0.25, -0.2) is 9.78 Å². The third-order valence-electron chi connectivity index (χ3n) is 5.36. The summed E-state index contributed by atoms with van der Waals surface area (Å²) < 4.78 is 11.3. The van der Waals surface area contributed by atoms with Crippen LogP contribution in [-0.4, -0.2) is 46.8 Å². The van der Waals surface area contributed by atoms with Crippen molar-refractivity contribution in [1.29, 1.82) is 0 Å². The quantitative estimate of drug-likeness (QED) is 0.364. The highest BCUT2D eigenvalue weighted by Crippen LogP contribution is 2.28. The molecule has 1 aromatic heterocycles. The molecule has 3 aromatic rings. The van der Waals surface area contributed by atoms with E-state index in [1.165, 1.54) is 9.78 Å². The van der Waals surface area contributed by atoms with Crippen molar-refractivity contribution in [3.8, 4) is 16.3 Å². The normalized spacial score (nSPS) is 10.9. The molecule has 1 heterocycles. The largest absolute Gasteiger partial charge is 0.493 e. The van der Waals surface area contributed by atoms with Crippen LogP contribution in [0.4, 0.5) is 4.79 Å². The number of carbonyl (C=O) groups excluding carboxylic acids is 1. The lowest BCUT2D eigenvalue weighted by Crippen LogP contribution is -2.29. The summed E-state index contributed by atoms with van der Waals surface area (Å²) in [5, 5.41) is 10.1. The van der Waals surface area contributed by atoms with Crippen LogP contribution in [0.1, 0.15) is 42.0 Å². The van der Waals surface area contributed by atoms with Gasteiger partial charge in [0.2, 0.25) is 0 Å². The first-order chi connectivity index (χ1) is 16.7. The number of carbonyl (C=O) groups is 2. The van der Waals surface area contributed by atoms with Crippen molar-refractivity contribution in [2.75, 3.05) is 13.7 Å². The van der Waals surface area contributed by atoms with Crippen LogP contribution in [0.5, 0.6) is 5.75 Å². The number of ether oxygens (including phenoxy) is 2. The molecule has 0 fully saturated rings. The monoisotopic (exact) mass is 496 g/mol. The summed E-state index contributed by atoms with van der Waals surface area (Å²) in [5.41, 5.74) is 3.83. The topological polar surface area (TPSA) is 89.0 Å². The summed E-state index contributed by atoms with van der Waals surface area (Å²) in [4.78, 5) is 30.8. The number of thiazole rings is 1. The fourth-order valence-corrected chi connectivity index (χ4v) is 4.53. The van der Waals surface area contributed by atoms with E-state index in [-0.39, 0.29) is 12.5 Å². The zero-order valence-electron chi connectivity index (χ0n) is 20.6. The average Bonchev–Trinajstić information content (AvgIpc) is 3.19. The van der Waals surface area contributed by atoms with E-state index in [1.54, 1.807) is 32.2 Å². The van der Waals surface area contributed by atoms with Crippen molar-refractivity contribution in [2.24, 2.45) is 0 Å². The van der Waals surface area contributed by atoms with E-state index in [4.69, 9.17) is 19.6 Å². The van der Waals surface area contributed by atoms with Crippen molar-refractivity contribution in [3.05, 3.63) is 70.2 Å². The highest BCUT2D eigenvalue weighted by atomic mass is 32.1. The van der Waals surface area contributed by atoms with Gasteiger partial charge >= 0.3 is 12.1 Å². The lowest BCUT2D eigenvalue weighted by atomic mass is 10.0. The molecule has 0 aliphatic carbocycles. The Morgan fingerprint density at radius 3 is 2.51 bits per heavy atom. The number of nitrogens with zero attached hydrogens (tertiary/aromatic N) is 2. The molecule has 35 heavy (non-hydrogen) atoms. The Hall–Kier alpha value is -3.39. The van der Waals surface area contributed by atoms with E-state index in [0.29, 0.717) is 31.7 Å². The van der Waals surface area contributed by atoms with Gasteiger partial charge in [-0.05, 0) is 50.5 Å². The molecule has 0 atom stereocenters. The number of benzene rings is 2. The maximum Gasteiger partial charge on any atom is 0.410 e. The van der Waals surface area contributed by atoms with Gasteiger partial charge in [-0.15, -0.1) is 11.3 Å². The second-order valence-corrected chi connectivity index (χ2v) is 9.80. The molecule has 186 valence electrons. The third-order valence-corrected chi connectivity index (χ3v) is 6.42. The van der Waals surface area contributed by atoms with Gasteiger partial charge in [-0.2, -0.15) is 0 Å². The molecule has 0 radical (unpaired) electrons. The Bertz CT molecular complexity index is 1140. The Morgan fingerprint density at radius 1 is 1.09 bits per heavy atom. The predicted octanol–water partition coefficient (Wildman–Crippen LogP) is 5.73. The molecule has 0 spiro atoms. The number of aryl methyl sites for hydroxylation is 2. The summed E-state index contributed by atoms with van der Waals surface area (Å²) >= 11 is 1.68. The summed E-state index contributed by atoms with van der Waals surface area (Å²) in [6.07, 6.45) is 0.413. The Kier molecular flexibility index (Phi) is 9.25. The van der Waals surface area contributed by atoms with Crippen molar-refractivity contribution in [2.45, 2.75) is 52.7 Å². The molecule has 0 aliphatic rings. The zero-order chi connectivity index (χ0) is 25.4. The summed E-state index contributed by atoms with van der Waals surface area (Å²) in [5.74, 6) is -0.196. The molecule has 1 amide bonds. The molecule has 0 saturated carbocycles. The van der Waals surface area contributed by atoms with Gasteiger partial charge in [-0.3, -0.25) is 4.79 Å². The Labute approximate surface area is 210 Å². The molecule has 0 unspecified atom stereocenters. The maximum atomic E-state index is 12.3. The van der Waals surface area contributed by atoms with Crippen molar-refractivity contribution in [1.82, 2.24) is 9.88 Å². The van der Waals surface area contributed by atoms with E-state index in [9.17, 15) is 9.59 Å². The molecule has 1 N–H and O–H groups in total. The summed E-state index contributed by atoms with van der Waals surface area (Å²) in [6, 6.07) is 15.7. The van der Waals surface area contributed by atoms with Gasteiger partial charge in [0.1, 0.15) is 10.8 Å². The number of aliphatic carboxylic acids is 1. The van der Waals surface area contributed by atoms with Gasteiger partial charge in [0.25, 0.3) is 0 Å². The number of aromatic nitrogens is 1. The highest BCUT2D eigenvalue weighted by Gasteiger charge is 2.16. The van der Waals surface area contributed by atoms with Crippen LogP contribution in [0.15, 0.2) is 48.5 Å². The first kappa shape index (κ1) is 26.2. The fourth-order valence-electron chi connectivity index (χ4n) is 3.57. The number of carboxylic acids is 1. The molecule has 8 heteroatoms. The number of hydrogen-bond donors (Lipinski definition) is 1. The lowest BCUT2D eigenvalue weighted by molar-refractivity contribution is -0.136. The van der Waals surface area contributed by atoms with E-state index < -0.39 is 12.1 Å². The standard InChI is InChI=1S/C27H32N2O5S/c1-18(2)34-27(32)29(4)17-22-16-23(12-10-20(22)11-13-25(30)31)33-15-14-24-19(3)35-26(28-24)21-8-6-5-7-9-21/h5-10,12,16,18H,11,13-15,17H2,1-4H3,(H,30,31). The summed E-state index contributed by atoms with van der Waals surface area (Å²) in [6.45, 7) is 6.42. The van der Waals surface area contributed by atoms with Gasteiger partial charge in [0.15, 0.2) is 0 Å². The van der Waals surface area contributed by atoms with Crippen LogP contribution in [0, 0.1) is 6.92 Å². The van der Waals surface area contributed by atoms with Crippen LogP contribution in [0.25, 0.3) is 10.6 Å². The van der Waals surface area contributed by atoms with Gasteiger partial charge in [0, 0.05) is 36.9 Å². The van der Waals surface area contributed by atoms with E-state index in [0.717, 1.165) is 27.4 Å². The van der Waals surface area contributed by atoms with Gasteiger partial charge < -0.3 is 19.5 Å². The molecule has 0 bridgehead atoms. The predicted molar refractivity (Wildman–Crippen MR) is 137 cm³/mol. The van der Waals surface area contributed by atoms with Crippen LogP contribution < -0.4 is 4.74 Å². The minimum Gasteiger partial charge on any atom is -0.493 e. The fraction of sp³-hybridized carbons (Fsp3) is 0.370. The molecular formula is C27H32N2O5S. The SMILES string of the molecule is Cc1sc(-c2ccccc2)nc1CCOc1ccc(CCC(=O)O)c(CN(C)C(=O)OC(C)C)c1. The highest BCUT2D eigenvalue weighted by molar-refractivity contribution is 7.15. The number of carboxylic acid groups (broad SMARTS) is 1. The smallest absolute Gasteiger partial charge is 0.410 e. The first-order valence-corrected chi connectivity index (χ1v) is 12.4. The minimum absolute atomic E-state index is 0.0141. The molecule has 0 aliphatic heterocycles. The molecule has 7 nitrogen and oxygen atoms in total. The molecule has 3 rings (SSSR count). The minimum atomic E-state index is -0.864. The third kappa shape index (κ3) is 7.82. The van der Waals surface area contributed by atoms with Crippen molar-refractivity contribution < 1.29 is 24.2 Å².